The zero-order chi connectivity index (χ0) is 11.7. The molecule has 0 radical (unpaired) electrons. The third-order valence-electron chi connectivity index (χ3n) is 2.23. The lowest BCUT2D eigenvalue weighted by Crippen LogP contribution is -2.25. The van der Waals surface area contributed by atoms with Gasteiger partial charge in [0, 0.05) is 5.39 Å². The summed E-state index contributed by atoms with van der Waals surface area (Å²) in [6.07, 6.45) is 0. The van der Waals surface area contributed by atoms with Gasteiger partial charge in [0.25, 0.3) is 5.91 Å². The Bertz CT molecular complexity index is 615. The van der Waals surface area contributed by atoms with E-state index in [4.69, 9.17) is 9.62 Å². The summed E-state index contributed by atoms with van der Waals surface area (Å²) in [5.74, 6) is -0.878. The SMILES string of the molecule is Cc1ccc2oc(=O)c(C(=O)NO)cc2c1. The number of carbonyl (C=O) groups is 1. The smallest absolute Gasteiger partial charge is 0.349 e. The Kier molecular flexibility index (Phi) is 2.46. The van der Waals surface area contributed by atoms with E-state index >= 15 is 0 Å². The van der Waals surface area contributed by atoms with Crippen molar-refractivity contribution >= 4 is 16.9 Å². The molecule has 1 aromatic carbocycles. The maximum atomic E-state index is 11.4. The van der Waals surface area contributed by atoms with Crippen molar-refractivity contribution in [1.29, 1.82) is 0 Å². The second-order valence-corrected chi connectivity index (χ2v) is 3.43. The van der Waals surface area contributed by atoms with E-state index < -0.39 is 11.5 Å². The number of hydrogen-bond acceptors (Lipinski definition) is 4. The molecule has 5 heteroatoms. The lowest BCUT2D eigenvalue weighted by atomic mass is 10.1. The average Bonchev–Trinajstić information content (AvgIpc) is 2.28. The van der Waals surface area contributed by atoms with Crippen molar-refractivity contribution in [2.75, 3.05) is 0 Å². The molecule has 2 rings (SSSR count). The van der Waals surface area contributed by atoms with Crippen LogP contribution in [-0.2, 0) is 0 Å². The van der Waals surface area contributed by atoms with Crippen LogP contribution in [0.1, 0.15) is 15.9 Å². The zero-order valence-electron chi connectivity index (χ0n) is 8.48. The van der Waals surface area contributed by atoms with E-state index in [1.165, 1.54) is 11.5 Å². The van der Waals surface area contributed by atoms with Crippen molar-refractivity contribution < 1.29 is 14.4 Å². The maximum absolute atomic E-state index is 11.4. The van der Waals surface area contributed by atoms with Crippen LogP contribution in [0.15, 0.2) is 33.5 Å². The number of aryl methyl sites for hydroxylation is 1. The predicted octanol–water partition coefficient (Wildman–Crippen LogP) is 1.22. The molecule has 0 fully saturated rings. The minimum atomic E-state index is -0.878. The number of rotatable bonds is 1. The Morgan fingerprint density at radius 2 is 2.12 bits per heavy atom. The number of amides is 1. The van der Waals surface area contributed by atoms with Crippen LogP contribution in [0.5, 0.6) is 0 Å². The summed E-state index contributed by atoms with van der Waals surface area (Å²) in [7, 11) is 0. The molecule has 0 bridgehead atoms. The van der Waals surface area contributed by atoms with Crippen molar-refractivity contribution in [2.45, 2.75) is 6.92 Å². The van der Waals surface area contributed by atoms with Gasteiger partial charge in [-0.1, -0.05) is 11.6 Å². The molecular weight excluding hydrogens is 210 g/mol. The molecule has 0 aliphatic carbocycles. The Labute approximate surface area is 90.3 Å². The van der Waals surface area contributed by atoms with E-state index in [2.05, 4.69) is 0 Å². The summed E-state index contributed by atoms with van der Waals surface area (Å²) in [4.78, 5) is 22.5. The molecule has 0 saturated carbocycles. The van der Waals surface area contributed by atoms with E-state index in [1.807, 2.05) is 6.92 Å². The molecule has 16 heavy (non-hydrogen) atoms. The number of hydroxylamine groups is 1. The standard InChI is InChI=1S/C11H9NO4/c1-6-2-3-9-7(4-6)5-8(10(13)12-15)11(14)16-9/h2-5,15H,1H3,(H,12,13). The van der Waals surface area contributed by atoms with Crippen LogP contribution in [0.3, 0.4) is 0 Å². The lowest BCUT2D eigenvalue weighted by molar-refractivity contribution is 0.0702. The van der Waals surface area contributed by atoms with Gasteiger partial charge in [0.1, 0.15) is 11.1 Å². The van der Waals surface area contributed by atoms with Crippen molar-refractivity contribution in [3.05, 3.63) is 45.8 Å². The zero-order valence-corrected chi connectivity index (χ0v) is 8.48. The van der Waals surface area contributed by atoms with Gasteiger partial charge < -0.3 is 4.42 Å². The van der Waals surface area contributed by atoms with E-state index in [1.54, 1.807) is 18.2 Å². The highest BCUT2D eigenvalue weighted by molar-refractivity contribution is 5.95. The second kappa shape index (κ2) is 3.79. The topological polar surface area (TPSA) is 79.5 Å². The van der Waals surface area contributed by atoms with Gasteiger partial charge in [-0.3, -0.25) is 10.0 Å². The molecule has 0 saturated heterocycles. The molecule has 1 heterocycles. The molecule has 2 N–H and O–H groups in total. The molecule has 2 aromatic rings. The number of fused-ring (bicyclic) bond motifs is 1. The van der Waals surface area contributed by atoms with Crippen LogP contribution < -0.4 is 11.1 Å². The first-order valence-electron chi connectivity index (χ1n) is 4.61. The molecular formula is C11H9NO4. The third kappa shape index (κ3) is 1.68. The summed E-state index contributed by atoms with van der Waals surface area (Å²) < 4.78 is 4.94. The highest BCUT2D eigenvalue weighted by atomic mass is 16.5. The summed E-state index contributed by atoms with van der Waals surface area (Å²) in [6.45, 7) is 1.89. The summed E-state index contributed by atoms with van der Waals surface area (Å²) >= 11 is 0. The highest BCUT2D eigenvalue weighted by Gasteiger charge is 2.12. The van der Waals surface area contributed by atoms with Gasteiger partial charge in [0.05, 0.1) is 0 Å². The fraction of sp³-hybridized carbons (Fsp3) is 0.0909. The Hall–Kier alpha value is -2.14. The number of carbonyl (C=O) groups excluding carboxylic acids is 1. The number of benzene rings is 1. The normalized spacial score (nSPS) is 10.4. The monoisotopic (exact) mass is 219 g/mol. The van der Waals surface area contributed by atoms with Crippen molar-refractivity contribution in [1.82, 2.24) is 5.48 Å². The molecule has 0 aliphatic heterocycles. The second-order valence-electron chi connectivity index (χ2n) is 3.43. The van der Waals surface area contributed by atoms with Gasteiger partial charge in [-0.15, -0.1) is 0 Å². The van der Waals surface area contributed by atoms with Crippen LogP contribution in [0.25, 0.3) is 11.0 Å². The van der Waals surface area contributed by atoms with Crippen LogP contribution >= 0.6 is 0 Å². The van der Waals surface area contributed by atoms with Gasteiger partial charge in [-0.05, 0) is 25.1 Å². The van der Waals surface area contributed by atoms with Gasteiger partial charge >= 0.3 is 5.63 Å². The third-order valence-corrected chi connectivity index (χ3v) is 2.23. The summed E-state index contributed by atoms with van der Waals surface area (Å²) in [5, 5.41) is 9.10. The Morgan fingerprint density at radius 1 is 1.38 bits per heavy atom. The Balaban J connectivity index is 2.74. The largest absolute Gasteiger partial charge is 0.422 e. The molecule has 0 aliphatic rings. The van der Waals surface area contributed by atoms with Crippen molar-refractivity contribution in [3.63, 3.8) is 0 Å². The molecule has 82 valence electrons. The molecule has 0 unspecified atom stereocenters. The maximum Gasteiger partial charge on any atom is 0.349 e. The van der Waals surface area contributed by atoms with Gasteiger partial charge in [-0.2, -0.15) is 0 Å². The van der Waals surface area contributed by atoms with Crippen molar-refractivity contribution in [2.24, 2.45) is 0 Å². The van der Waals surface area contributed by atoms with E-state index in [-0.39, 0.29) is 5.56 Å². The lowest BCUT2D eigenvalue weighted by Gasteiger charge is -2.01. The van der Waals surface area contributed by atoms with E-state index in [0.717, 1.165) is 5.56 Å². The first-order valence-corrected chi connectivity index (χ1v) is 4.61. The molecule has 0 atom stereocenters. The summed E-state index contributed by atoms with van der Waals surface area (Å²) in [6, 6.07) is 6.63. The molecule has 1 amide bonds. The predicted molar refractivity (Wildman–Crippen MR) is 56.5 cm³/mol. The molecule has 0 spiro atoms. The number of nitrogens with one attached hydrogen (secondary N) is 1. The number of hydrogen-bond donors (Lipinski definition) is 2. The van der Waals surface area contributed by atoms with E-state index in [0.29, 0.717) is 11.0 Å². The van der Waals surface area contributed by atoms with Gasteiger partial charge in [0.2, 0.25) is 0 Å². The van der Waals surface area contributed by atoms with Gasteiger partial charge in [0.15, 0.2) is 0 Å². The van der Waals surface area contributed by atoms with Crippen molar-refractivity contribution in [3.8, 4) is 0 Å². The van der Waals surface area contributed by atoms with Crippen LogP contribution in [-0.4, -0.2) is 11.1 Å². The molecule has 1 aromatic heterocycles. The van der Waals surface area contributed by atoms with E-state index in [9.17, 15) is 9.59 Å². The molecule has 5 nitrogen and oxygen atoms in total. The fourth-order valence-corrected chi connectivity index (χ4v) is 1.46. The quantitative estimate of drug-likeness (QED) is 0.429. The minimum Gasteiger partial charge on any atom is -0.422 e. The van der Waals surface area contributed by atoms with Crippen LogP contribution in [0.4, 0.5) is 0 Å². The summed E-state index contributed by atoms with van der Waals surface area (Å²) in [5.41, 5.74) is 1.80. The highest BCUT2D eigenvalue weighted by Crippen LogP contribution is 2.15. The first-order chi connectivity index (χ1) is 7.61. The minimum absolute atomic E-state index is 0.222. The Morgan fingerprint density at radius 3 is 2.81 bits per heavy atom. The average molecular weight is 219 g/mol. The fourth-order valence-electron chi connectivity index (χ4n) is 1.46. The first kappa shape index (κ1) is 10.4. The van der Waals surface area contributed by atoms with Gasteiger partial charge in [-0.25, -0.2) is 10.3 Å². The van der Waals surface area contributed by atoms with Crippen LogP contribution in [0, 0.1) is 6.92 Å². The van der Waals surface area contributed by atoms with Crippen LogP contribution in [0.2, 0.25) is 0 Å².